The van der Waals surface area contributed by atoms with E-state index in [9.17, 15) is 19.5 Å². The van der Waals surface area contributed by atoms with Gasteiger partial charge < -0.3 is 24.6 Å². The fourth-order valence-corrected chi connectivity index (χ4v) is 4.67. The van der Waals surface area contributed by atoms with Gasteiger partial charge in [-0.1, -0.05) is 55.6 Å². The molecule has 0 spiro atoms. The summed E-state index contributed by atoms with van der Waals surface area (Å²) >= 11 is 0. The Hall–Kier alpha value is -3.62. The van der Waals surface area contributed by atoms with Crippen LogP contribution in [-0.2, 0) is 23.8 Å². The Morgan fingerprint density at radius 1 is 1.21 bits per heavy atom. The predicted octanol–water partition coefficient (Wildman–Crippen LogP) is 0.974. The lowest BCUT2D eigenvalue weighted by atomic mass is 9.89. The van der Waals surface area contributed by atoms with Crippen molar-refractivity contribution in [2.24, 2.45) is 17.8 Å². The Morgan fingerprint density at radius 2 is 1.88 bits per heavy atom. The Kier molecular flexibility index (Phi) is 7.52. The van der Waals surface area contributed by atoms with Gasteiger partial charge in [-0.05, 0) is 18.8 Å². The zero-order valence-corrected chi connectivity index (χ0v) is 18.5. The Balaban J connectivity index is 1.96. The lowest BCUT2D eigenvalue weighted by Gasteiger charge is -2.28. The first-order valence-corrected chi connectivity index (χ1v) is 10.7. The largest absolute Gasteiger partial charge is 0.464 e. The molecule has 0 radical (unpaired) electrons. The first-order valence-electron chi connectivity index (χ1n) is 10.7. The maximum Gasteiger partial charge on any atom is 0.408 e. The van der Waals surface area contributed by atoms with E-state index in [2.05, 4.69) is 23.5 Å². The first-order chi connectivity index (χ1) is 15.9. The molecular formula is C24H29N2O7+. The second-order valence-corrected chi connectivity index (χ2v) is 8.02. The summed E-state index contributed by atoms with van der Waals surface area (Å²) in [4.78, 5) is 40.3. The summed E-state index contributed by atoms with van der Waals surface area (Å²) in [7, 11) is 1.25. The highest BCUT2D eigenvalue weighted by atomic mass is 16.5. The third-order valence-electron chi connectivity index (χ3n) is 6.16. The molecular weight excluding hydrogens is 428 g/mol. The number of hydrogen-bond donors (Lipinski definition) is 3. The van der Waals surface area contributed by atoms with E-state index in [1.165, 1.54) is 19.3 Å². The minimum absolute atomic E-state index is 0.0240. The van der Waals surface area contributed by atoms with E-state index in [0.29, 0.717) is 18.4 Å². The predicted molar refractivity (Wildman–Crippen MR) is 118 cm³/mol. The number of methoxy groups -OCH3 is 1. The highest BCUT2D eigenvalue weighted by Gasteiger charge is 2.73. The minimum Gasteiger partial charge on any atom is -0.464 e. The van der Waals surface area contributed by atoms with Gasteiger partial charge in [0.2, 0.25) is 0 Å². The van der Waals surface area contributed by atoms with Crippen molar-refractivity contribution >= 4 is 23.9 Å². The summed E-state index contributed by atoms with van der Waals surface area (Å²) in [6.45, 7) is 7.10. The molecule has 0 aromatic heterocycles. The second kappa shape index (κ2) is 10.3. The average Bonchev–Trinajstić information content (AvgIpc) is 3.46. The van der Waals surface area contributed by atoms with E-state index in [1.54, 1.807) is 30.3 Å². The zero-order valence-electron chi connectivity index (χ0n) is 18.5. The van der Waals surface area contributed by atoms with Crippen molar-refractivity contribution in [3.8, 4) is 0 Å². The molecule has 2 saturated carbocycles. The number of fused-ring (bicyclic) bond motifs is 1. The van der Waals surface area contributed by atoms with Crippen molar-refractivity contribution in [2.45, 2.75) is 24.4 Å². The van der Waals surface area contributed by atoms with Gasteiger partial charge in [0.1, 0.15) is 13.2 Å². The number of carbonyl (C=O) groups is 3. The van der Waals surface area contributed by atoms with E-state index in [4.69, 9.17) is 14.2 Å². The van der Waals surface area contributed by atoms with E-state index >= 15 is 0 Å². The summed E-state index contributed by atoms with van der Waals surface area (Å²) in [5.41, 5.74) is -0.769. The van der Waals surface area contributed by atoms with Gasteiger partial charge in [0.05, 0.1) is 13.0 Å². The van der Waals surface area contributed by atoms with Crippen molar-refractivity contribution in [1.29, 1.82) is 0 Å². The molecule has 1 aromatic carbocycles. The average molecular weight is 458 g/mol. The smallest absolute Gasteiger partial charge is 0.408 e. The summed E-state index contributed by atoms with van der Waals surface area (Å²) in [5, 5.41) is 14.0. The number of rotatable bonds is 10. The molecule has 2 fully saturated rings. The van der Waals surface area contributed by atoms with Gasteiger partial charge >= 0.3 is 23.9 Å². The van der Waals surface area contributed by atoms with Crippen molar-refractivity contribution in [3.63, 3.8) is 0 Å². The fraction of sp³-hybridized carbons (Fsp3) is 0.417. The molecule has 33 heavy (non-hydrogen) atoms. The monoisotopic (exact) mass is 457 g/mol. The van der Waals surface area contributed by atoms with Crippen LogP contribution in [0.25, 0.3) is 0 Å². The lowest BCUT2D eigenvalue weighted by Crippen LogP contribution is -2.82. The minimum atomic E-state index is -1.33. The summed E-state index contributed by atoms with van der Waals surface area (Å²) in [6, 6.07) is 7.70. The van der Waals surface area contributed by atoms with Crippen LogP contribution in [-0.4, -0.2) is 54.9 Å². The molecule has 3 N–H and O–H groups in total. The van der Waals surface area contributed by atoms with Gasteiger partial charge in [-0.3, -0.25) is 4.79 Å². The molecule has 9 heteroatoms. The highest BCUT2D eigenvalue weighted by Crippen LogP contribution is 2.62. The third kappa shape index (κ3) is 4.92. The molecule has 0 saturated heterocycles. The molecule has 0 bridgehead atoms. The molecule has 176 valence electrons. The molecule has 0 unspecified atom stereocenters. The summed E-state index contributed by atoms with van der Waals surface area (Å²) in [5.74, 6) is -2.40. The van der Waals surface area contributed by atoms with Crippen molar-refractivity contribution in [1.82, 2.24) is 5.32 Å². The Labute approximate surface area is 192 Å². The van der Waals surface area contributed by atoms with Crippen molar-refractivity contribution in [2.75, 3.05) is 20.3 Å². The molecule has 2 aliphatic carbocycles. The summed E-state index contributed by atoms with van der Waals surface area (Å²) in [6.07, 6.45) is 3.03. The molecule has 0 heterocycles. The first kappa shape index (κ1) is 24.0. The van der Waals surface area contributed by atoms with Gasteiger partial charge in [-0.15, -0.1) is 0 Å². The molecule has 2 aliphatic rings. The summed E-state index contributed by atoms with van der Waals surface area (Å²) < 4.78 is 15.2. The standard InChI is InChI=1S/C24H28N2O7/c1-4-13-32-20(27)17-16-11-12-24(18(16)17,26-23(30)33-14-5-2)22(29)25-19(21(28)31-3)15-9-7-6-8-10-15/h4-10,16-19H,1-2,11-14H2,3H3,(H,25,29)(H,26,30)/p+1/t16-,17-,18-,19-,24-/m0/s1. The van der Waals surface area contributed by atoms with E-state index in [0.717, 1.165) is 0 Å². The number of aliphatic hydroxyl groups excluding tert-OH is 1. The van der Waals surface area contributed by atoms with Gasteiger partial charge in [-0.2, -0.15) is 4.99 Å². The van der Waals surface area contributed by atoms with Gasteiger partial charge in [-0.25, -0.2) is 9.59 Å². The number of benzene rings is 1. The maximum absolute atomic E-state index is 12.5. The third-order valence-corrected chi connectivity index (χ3v) is 6.16. The van der Waals surface area contributed by atoms with Crippen LogP contribution in [0.3, 0.4) is 0 Å². The fourth-order valence-electron chi connectivity index (χ4n) is 4.67. The number of amides is 1. The van der Waals surface area contributed by atoms with Crippen LogP contribution < -0.4 is 10.3 Å². The quantitative estimate of drug-likeness (QED) is 0.157. The number of ether oxygens (including phenoxy) is 3. The number of nitrogens with one attached hydrogen (secondary N) is 2. The van der Waals surface area contributed by atoms with Crippen LogP contribution in [0.1, 0.15) is 24.4 Å². The van der Waals surface area contributed by atoms with E-state index in [1.807, 2.05) is 0 Å². The van der Waals surface area contributed by atoms with Crippen LogP contribution in [0.4, 0.5) is 4.79 Å². The number of alkyl carbamates (subject to hydrolysis) is 1. The normalized spacial score (nSPS) is 26.3. The highest BCUT2D eigenvalue weighted by molar-refractivity contribution is 5.90. The van der Waals surface area contributed by atoms with E-state index < -0.39 is 41.4 Å². The van der Waals surface area contributed by atoms with Crippen molar-refractivity contribution in [3.05, 3.63) is 61.2 Å². The van der Waals surface area contributed by atoms with Gasteiger partial charge in [0, 0.05) is 11.5 Å². The molecule has 1 amide bonds. The molecule has 9 nitrogen and oxygen atoms in total. The molecule has 5 atom stereocenters. The van der Waals surface area contributed by atoms with Gasteiger partial charge in [0.25, 0.3) is 6.04 Å². The van der Waals surface area contributed by atoms with Crippen LogP contribution >= 0.6 is 0 Å². The maximum atomic E-state index is 12.5. The second-order valence-electron chi connectivity index (χ2n) is 8.02. The number of esters is 2. The van der Waals surface area contributed by atoms with Crippen LogP contribution in [0.5, 0.6) is 0 Å². The zero-order chi connectivity index (χ0) is 24.0. The Morgan fingerprint density at radius 3 is 2.52 bits per heavy atom. The number of hydrogen-bond acceptors (Lipinski definition) is 6. The Bertz CT molecular complexity index is 945. The molecule has 3 rings (SSSR count). The van der Waals surface area contributed by atoms with Crippen LogP contribution in [0.15, 0.2) is 55.6 Å². The van der Waals surface area contributed by atoms with Gasteiger partial charge in [0.15, 0.2) is 5.54 Å². The van der Waals surface area contributed by atoms with E-state index in [-0.39, 0.29) is 25.0 Å². The topological polar surface area (TPSA) is 125 Å². The van der Waals surface area contributed by atoms with Crippen LogP contribution in [0, 0.1) is 17.8 Å². The number of carbonyl (C=O) groups excluding carboxylic acids is 3. The molecule has 0 aliphatic heterocycles. The van der Waals surface area contributed by atoms with Crippen LogP contribution in [0.2, 0.25) is 0 Å². The lowest BCUT2D eigenvalue weighted by molar-refractivity contribution is -0.508. The molecule has 1 aromatic rings. The van der Waals surface area contributed by atoms with Crippen molar-refractivity contribution < 1.29 is 38.7 Å². The number of aliphatic hydroxyl groups is 1. The SMILES string of the molecule is C=CCOC(=O)N[C@@]1(C(O)=[NH+][C@H](C(=O)OC)c2ccccc2)CC[C@H]2[C@H](C(=O)OCC=C)[C@H]21.